The third-order valence-electron chi connectivity index (χ3n) is 11.0. The lowest BCUT2D eigenvalue weighted by molar-refractivity contribution is -0.141. The summed E-state index contributed by atoms with van der Waals surface area (Å²) in [6.45, 7) is 16.6. The largest absolute Gasteiger partial charge is 0.444 e. The van der Waals surface area contributed by atoms with Gasteiger partial charge in [-0.05, 0) is 101 Å². The van der Waals surface area contributed by atoms with Crippen molar-refractivity contribution in [2.24, 2.45) is 17.8 Å². The first kappa shape index (κ1) is 38.3. The predicted molar refractivity (Wildman–Crippen MR) is 198 cm³/mol. The van der Waals surface area contributed by atoms with E-state index in [1.165, 1.54) is 5.56 Å². The van der Waals surface area contributed by atoms with Gasteiger partial charge in [-0.1, -0.05) is 58.9 Å². The first-order chi connectivity index (χ1) is 24.1. The summed E-state index contributed by atoms with van der Waals surface area (Å²) in [6, 6.07) is 7.46. The van der Waals surface area contributed by atoms with Crippen molar-refractivity contribution in [2.45, 2.75) is 142 Å². The minimum absolute atomic E-state index is 0.00208. The van der Waals surface area contributed by atoms with E-state index < -0.39 is 23.8 Å². The van der Waals surface area contributed by atoms with Crippen molar-refractivity contribution in [3.05, 3.63) is 41.9 Å². The monoisotopic (exact) mass is 704 g/mol. The molecule has 0 spiro atoms. The van der Waals surface area contributed by atoms with Crippen molar-refractivity contribution in [2.75, 3.05) is 13.1 Å². The van der Waals surface area contributed by atoms with E-state index in [0.29, 0.717) is 24.8 Å². The molecular weight excluding hydrogens is 644 g/mol. The molecule has 0 bridgehead atoms. The summed E-state index contributed by atoms with van der Waals surface area (Å²) in [6.07, 6.45) is 8.23. The minimum Gasteiger partial charge on any atom is -0.444 e. The second-order valence-corrected chi connectivity index (χ2v) is 16.6. The van der Waals surface area contributed by atoms with Gasteiger partial charge >= 0.3 is 6.09 Å². The van der Waals surface area contributed by atoms with E-state index in [4.69, 9.17) is 9.72 Å². The normalized spacial score (nSPS) is 23.7. The summed E-state index contributed by atoms with van der Waals surface area (Å²) in [5.41, 5.74) is 2.65. The number of aromatic amines is 1. The number of benzene rings is 1. The van der Waals surface area contributed by atoms with Gasteiger partial charge < -0.3 is 30.2 Å². The van der Waals surface area contributed by atoms with Crippen LogP contribution >= 0.6 is 0 Å². The summed E-state index contributed by atoms with van der Waals surface area (Å²) >= 11 is 0. The summed E-state index contributed by atoms with van der Waals surface area (Å²) in [7, 11) is 0. The van der Waals surface area contributed by atoms with Crippen LogP contribution in [0.2, 0.25) is 0 Å². The first-order valence-corrected chi connectivity index (χ1v) is 19.2. The van der Waals surface area contributed by atoms with Gasteiger partial charge in [0.1, 0.15) is 23.5 Å². The number of likely N-dealkylation sites (tertiary alicyclic amines) is 2. The Labute approximate surface area is 304 Å². The number of hydrogen-bond donors (Lipinski definition) is 3. The third-order valence-corrected chi connectivity index (χ3v) is 11.0. The highest BCUT2D eigenvalue weighted by molar-refractivity contribution is 5.92. The number of carbonyl (C=O) groups excluding carboxylic acids is 4. The Morgan fingerprint density at radius 3 is 2.12 bits per heavy atom. The Balaban J connectivity index is 1.13. The Kier molecular flexibility index (Phi) is 12.2. The van der Waals surface area contributed by atoms with Gasteiger partial charge in [-0.2, -0.15) is 0 Å². The highest BCUT2D eigenvalue weighted by Gasteiger charge is 2.40. The molecule has 3 fully saturated rings. The Morgan fingerprint density at radius 1 is 0.843 bits per heavy atom. The van der Waals surface area contributed by atoms with Crippen LogP contribution in [0.15, 0.2) is 30.5 Å². The maximum atomic E-state index is 13.6. The number of nitrogens with one attached hydrogen (secondary N) is 3. The molecule has 1 aromatic heterocycles. The van der Waals surface area contributed by atoms with E-state index >= 15 is 0 Å². The van der Waals surface area contributed by atoms with Crippen LogP contribution in [0.1, 0.15) is 130 Å². The highest BCUT2D eigenvalue weighted by atomic mass is 16.6. The predicted octanol–water partition coefficient (Wildman–Crippen LogP) is 6.72. The molecule has 3 N–H and O–H groups in total. The van der Waals surface area contributed by atoms with E-state index in [1.807, 2.05) is 31.9 Å². The second-order valence-electron chi connectivity index (χ2n) is 16.6. The molecule has 4 atom stereocenters. The van der Waals surface area contributed by atoms with E-state index in [-0.39, 0.29) is 41.6 Å². The van der Waals surface area contributed by atoms with Crippen molar-refractivity contribution in [1.29, 1.82) is 0 Å². The van der Waals surface area contributed by atoms with Crippen LogP contribution in [0.3, 0.4) is 0 Å². The lowest BCUT2D eigenvalue weighted by atomic mass is 9.81. The van der Waals surface area contributed by atoms with Gasteiger partial charge in [0, 0.05) is 25.0 Å². The third kappa shape index (κ3) is 9.32. The highest BCUT2D eigenvalue weighted by Crippen LogP contribution is 2.36. The van der Waals surface area contributed by atoms with E-state index in [2.05, 4.69) is 53.7 Å². The number of ether oxygens (including phenoxy) is 1. The van der Waals surface area contributed by atoms with Crippen LogP contribution in [0, 0.1) is 17.8 Å². The first-order valence-electron chi connectivity index (χ1n) is 19.2. The lowest BCUT2D eigenvalue weighted by Gasteiger charge is -2.33. The molecule has 11 nitrogen and oxygen atoms in total. The number of hydrogen-bond acceptors (Lipinski definition) is 6. The SMILES string of the molecule is CC(C)[C@@H](C)C(=O)N1CCC[C@H]1c1ncc(-c2ccc([C@H]3CC[C@H](NC(=O)[C@@H]4CCCN4C(=O)[C@H](NC(=O)OC(C)(C)C)C(C)C)CC3)cc2)[nH]1. The number of imidazole rings is 1. The molecule has 1 aliphatic carbocycles. The molecule has 11 heteroatoms. The number of carbonyl (C=O) groups is 4. The van der Waals surface area contributed by atoms with Crippen LogP contribution < -0.4 is 10.6 Å². The van der Waals surface area contributed by atoms with Crippen LogP contribution in [0.5, 0.6) is 0 Å². The quantitative estimate of drug-likeness (QED) is 0.251. The van der Waals surface area contributed by atoms with Gasteiger partial charge in [0.2, 0.25) is 17.7 Å². The zero-order valence-corrected chi connectivity index (χ0v) is 32.0. The lowest BCUT2D eigenvalue weighted by Crippen LogP contribution is -2.56. The number of alkyl carbamates (subject to hydrolysis) is 1. The maximum absolute atomic E-state index is 13.6. The summed E-state index contributed by atoms with van der Waals surface area (Å²) in [5, 5.41) is 6.00. The molecule has 2 aliphatic heterocycles. The molecule has 2 saturated heterocycles. The van der Waals surface area contributed by atoms with Gasteiger partial charge in [0.15, 0.2) is 0 Å². The van der Waals surface area contributed by atoms with Gasteiger partial charge in [0.25, 0.3) is 0 Å². The fraction of sp³-hybridized carbons (Fsp3) is 0.675. The average Bonchev–Trinajstić information content (AvgIpc) is 3.87. The second kappa shape index (κ2) is 16.2. The average molecular weight is 705 g/mol. The Bertz CT molecular complexity index is 1520. The fourth-order valence-electron chi connectivity index (χ4n) is 7.75. The number of amides is 4. The smallest absolute Gasteiger partial charge is 0.408 e. The summed E-state index contributed by atoms with van der Waals surface area (Å²) in [5.74, 6) is 1.29. The van der Waals surface area contributed by atoms with Crippen molar-refractivity contribution in [1.82, 2.24) is 30.4 Å². The van der Waals surface area contributed by atoms with Crippen LogP contribution in [0.25, 0.3) is 11.3 Å². The van der Waals surface area contributed by atoms with E-state index in [0.717, 1.165) is 68.6 Å². The number of aromatic nitrogens is 2. The van der Waals surface area contributed by atoms with Crippen LogP contribution in [-0.2, 0) is 19.1 Å². The van der Waals surface area contributed by atoms with E-state index in [1.54, 1.807) is 25.7 Å². The van der Waals surface area contributed by atoms with Gasteiger partial charge in [-0.15, -0.1) is 0 Å². The van der Waals surface area contributed by atoms with Crippen molar-refractivity contribution >= 4 is 23.8 Å². The van der Waals surface area contributed by atoms with Crippen molar-refractivity contribution < 1.29 is 23.9 Å². The molecule has 3 heterocycles. The van der Waals surface area contributed by atoms with Gasteiger partial charge in [-0.3, -0.25) is 14.4 Å². The molecule has 5 rings (SSSR count). The summed E-state index contributed by atoms with van der Waals surface area (Å²) < 4.78 is 5.40. The Morgan fingerprint density at radius 2 is 1.49 bits per heavy atom. The topological polar surface area (TPSA) is 137 Å². The van der Waals surface area contributed by atoms with Crippen molar-refractivity contribution in [3.8, 4) is 11.3 Å². The zero-order valence-electron chi connectivity index (χ0n) is 32.0. The van der Waals surface area contributed by atoms with Crippen LogP contribution in [-0.4, -0.2) is 80.4 Å². The fourth-order valence-corrected chi connectivity index (χ4v) is 7.75. The maximum Gasteiger partial charge on any atom is 0.408 e. The van der Waals surface area contributed by atoms with Gasteiger partial charge in [-0.25, -0.2) is 9.78 Å². The standard InChI is InChI=1S/C40H60N6O5/c1-24(2)26(5)37(48)45-21-9-11-32(45)35-41-23-31(43-35)29-15-13-27(14-16-29)28-17-19-30(20-18-28)42-36(47)33-12-10-22-46(33)38(49)34(25(3)4)44-39(50)51-40(6,7)8/h13-16,23-26,28,30,32-34H,9-12,17-22H2,1-8H3,(H,41,43)(H,42,47)(H,44,50)/t26-,28-,30-,32+,33+,34-/m1/s1. The number of H-pyrrole nitrogens is 1. The molecule has 280 valence electrons. The van der Waals surface area contributed by atoms with Crippen molar-refractivity contribution in [3.63, 3.8) is 0 Å². The molecule has 1 saturated carbocycles. The minimum atomic E-state index is -0.766. The van der Waals surface area contributed by atoms with E-state index in [9.17, 15) is 19.2 Å². The molecule has 51 heavy (non-hydrogen) atoms. The number of rotatable bonds is 10. The molecule has 3 aliphatic rings. The molecule has 0 radical (unpaired) electrons. The number of nitrogens with zero attached hydrogens (tertiary/aromatic N) is 3. The summed E-state index contributed by atoms with van der Waals surface area (Å²) in [4.78, 5) is 64.6. The Hall–Kier alpha value is -3.89. The molecule has 1 aromatic carbocycles. The molecule has 2 aromatic rings. The van der Waals surface area contributed by atoms with Crippen LogP contribution in [0.4, 0.5) is 4.79 Å². The zero-order chi connectivity index (χ0) is 37.0. The van der Waals surface area contributed by atoms with Gasteiger partial charge in [0.05, 0.1) is 17.9 Å². The molecular formula is C40H60N6O5. The molecule has 4 amide bonds. The molecule has 0 unspecified atom stereocenters.